The van der Waals surface area contributed by atoms with E-state index in [9.17, 15) is 0 Å². The fraction of sp³-hybridized carbons (Fsp3) is 0.533. The van der Waals surface area contributed by atoms with Crippen molar-refractivity contribution in [1.29, 1.82) is 0 Å². The highest BCUT2D eigenvalue weighted by molar-refractivity contribution is 6.18. The van der Waals surface area contributed by atoms with E-state index < -0.39 is 0 Å². The molecule has 0 saturated heterocycles. The number of halogens is 1. The van der Waals surface area contributed by atoms with Gasteiger partial charge in [0.1, 0.15) is 11.3 Å². The van der Waals surface area contributed by atoms with Crippen LogP contribution < -0.4 is 5.32 Å². The second-order valence-electron chi connectivity index (χ2n) is 5.64. The molecule has 0 atom stereocenters. The molecule has 3 rings (SSSR count). The van der Waals surface area contributed by atoms with Crippen LogP contribution in [0.15, 0.2) is 24.5 Å². The second-order valence-corrected chi connectivity index (χ2v) is 5.91. The first-order valence-electron chi connectivity index (χ1n) is 7.19. The van der Waals surface area contributed by atoms with Gasteiger partial charge in [-0.05, 0) is 25.0 Å². The number of nitrogens with zero attached hydrogens (tertiary/aromatic N) is 3. The molecule has 0 aliphatic heterocycles. The van der Waals surface area contributed by atoms with Gasteiger partial charge in [0.05, 0.1) is 0 Å². The van der Waals surface area contributed by atoms with E-state index in [0.29, 0.717) is 11.5 Å². The van der Waals surface area contributed by atoms with Crippen molar-refractivity contribution in [3.8, 4) is 0 Å². The average Bonchev–Trinajstić information content (AvgIpc) is 2.54. The molecule has 1 saturated carbocycles. The maximum atomic E-state index is 6.22. The van der Waals surface area contributed by atoms with Gasteiger partial charge in [0.15, 0.2) is 5.65 Å². The van der Waals surface area contributed by atoms with E-state index in [0.717, 1.165) is 17.9 Å². The fourth-order valence-corrected chi connectivity index (χ4v) is 3.25. The van der Waals surface area contributed by atoms with E-state index in [1.54, 1.807) is 12.4 Å². The number of pyridine rings is 1. The zero-order valence-corrected chi connectivity index (χ0v) is 12.2. The van der Waals surface area contributed by atoms with Crippen LogP contribution >= 0.6 is 11.6 Å². The zero-order valence-electron chi connectivity index (χ0n) is 11.5. The van der Waals surface area contributed by atoms with Gasteiger partial charge in [0, 0.05) is 30.2 Å². The molecule has 20 heavy (non-hydrogen) atoms. The Kier molecular flexibility index (Phi) is 4.01. The maximum Gasteiger partial charge on any atom is 0.180 e. The van der Waals surface area contributed by atoms with E-state index in [-0.39, 0.29) is 5.41 Å². The van der Waals surface area contributed by atoms with Crippen LogP contribution in [-0.4, -0.2) is 27.4 Å². The van der Waals surface area contributed by atoms with Crippen molar-refractivity contribution in [3.05, 3.63) is 24.5 Å². The second kappa shape index (κ2) is 5.92. The largest absolute Gasteiger partial charge is 0.369 e. The molecule has 0 spiro atoms. The summed E-state index contributed by atoms with van der Waals surface area (Å²) in [5.41, 5.74) is 1.72. The maximum absolute atomic E-state index is 6.22. The van der Waals surface area contributed by atoms with Crippen molar-refractivity contribution in [2.45, 2.75) is 32.1 Å². The Hall–Kier alpha value is -1.42. The Morgan fingerprint density at radius 2 is 1.90 bits per heavy atom. The summed E-state index contributed by atoms with van der Waals surface area (Å²) in [5.74, 6) is 1.57. The van der Waals surface area contributed by atoms with Crippen molar-refractivity contribution in [3.63, 3.8) is 0 Å². The molecule has 5 heteroatoms. The third kappa shape index (κ3) is 2.85. The average molecular weight is 291 g/mol. The lowest BCUT2D eigenvalue weighted by molar-refractivity contribution is 0.238. The number of aromatic nitrogens is 3. The van der Waals surface area contributed by atoms with Crippen molar-refractivity contribution in [2.24, 2.45) is 5.41 Å². The molecule has 2 aromatic heterocycles. The normalized spacial score (nSPS) is 18.1. The number of fused-ring (bicyclic) bond motifs is 1. The highest BCUT2D eigenvalue weighted by Gasteiger charge is 2.31. The predicted molar refractivity (Wildman–Crippen MR) is 82.1 cm³/mol. The van der Waals surface area contributed by atoms with Crippen LogP contribution in [0.25, 0.3) is 11.2 Å². The first-order valence-corrected chi connectivity index (χ1v) is 7.72. The smallest absolute Gasteiger partial charge is 0.180 e. The predicted octanol–water partition coefficient (Wildman–Crippen LogP) is 3.63. The summed E-state index contributed by atoms with van der Waals surface area (Å²) in [6, 6.07) is 3.91. The molecular weight excluding hydrogens is 272 g/mol. The van der Waals surface area contributed by atoms with Crippen LogP contribution in [-0.2, 0) is 0 Å². The van der Waals surface area contributed by atoms with Gasteiger partial charge in [0.25, 0.3) is 0 Å². The van der Waals surface area contributed by atoms with Crippen molar-refractivity contribution >= 4 is 28.6 Å². The molecule has 0 amide bonds. The first-order chi connectivity index (χ1) is 9.81. The molecule has 0 bridgehead atoms. The molecule has 0 unspecified atom stereocenters. The molecule has 2 heterocycles. The summed E-state index contributed by atoms with van der Waals surface area (Å²) in [6.07, 6.45) is 9.66. The van der Waals surface area contributed by atoms with Crippen molar-refractivity contribution in [1.82, 2.24) is 15.0 Å². The molecule has 0 radical (unpaired) electrons. The lowest BCUT2D eigenvalue weighted by atomic mass is 9.75. The molecule has 0 aromatic carbocycles. The van der Waals surface area contributed by atoms with E-state index in [4.69, 9.17) is 11.6 Å². The zero-order chi connectivity index (χ0) is 13.8. The van der Waals surface area contributed by atoms with E-state index in [1.807, 2.05) is 12.1 Å². The molecule has 1 aliphatic carbocycles. The van der Waals surface area contributed by atoms with E-state index in [2.05, 4.69) is 20.3 Å². The lowest BCUT2D eigenvalue weighted by Gasteiger charge is -2.35. The summed E-state index contributed by atoms with van der Waals surface area (Å²) in [7, 11) is 0. The van der Waals surface area contributed by atoms with Crippen molar-refractivity contribution in [2.75, 3.05) is 17.7 Å². The minimum absolute atomic E-state index is 0.221. The summed E-state index contributed by atoms with van der Waals surface area (Å²) in [4.78, 5) is 13.0. The van der Waals surface area contributed by atoms with Crippen LogP contribution in [0.3, 0.4) is 0 Å². The van der Waals surface area contributed by atoms with Gasteiger partial charge < -0.3 is 5.32 Å². The summed E-state index contributed by atoms with van der Waals surface area (Å²) >= 11 is 6.22. The Morgan fingerprint density at radius 1 is 1.10 bits per heavy atom. The van der Waals surface area contributed by atoms with Crippen LogP contribution in [0.4, 0.5) is 5.82 Å². The fourth-order valence-electron chi connectivity index (χ4n) is 2.89. The van der Waals surface area contributed by atoms with Crippen LogP contribution in [0.1, 0.15) is 32.1 Å². The van der Waals surface area contributed by atoms with Crippen molar-refractivity contribution < 1.29 is 0 Å². The third-order valence-electron chi connectivity index (χ3n) is 4.17. The van der Waals surface area contributed by atoms with Gasteiger partial charge in [-0.25, -0.2) is 9.97 Å². The van der Waals surface area contributed by atoms with Crippen LogP contribution in [0, 0.1) is 5.41 Å². The van der Waals surface area contributed by atoms with Gasteiger partial charge >= 0.3 is 0 Å². The number of anilines is 1. The Morgan fingerprint density at radius 3 is 2.70 bits per heavy atom. The molecule has 1 aliphatic rings. The van der Waals surface area contributed by atoms with Crippen LogP contribution in [0.5, 0.6) is 0 Å². The SMILES string of the molecule is ClCC1(CNc2ccc3nccnc3n2)CCCCC1. The Labute approximate surface area is 124 Å². The third-order valence-corrected chi connectivity index (χ3v) is 4.74. The molecule has 4 nitrogen and oxygen atoms in total. The Bertz CT molecular complexity index is 581. The Balaban J connectivity index is 1.72. The minimum atomic E-state index is 0.221. The molecule has 1 N–H and O–H groups in total. The molecule has 106 valence electrons. The molecule has 1 fully saturated rings. The lowest BCUT2D eigenvalue weighted by Crippen LogP contribution is -2.34. The highest BCUT2D eigenvalue weighted by atomic mass is 35.5. The number of nitrogens with one attached hydrogen (secondary N) is 1. The van der Waals surface area contributed by atoms with Gasteiger partial charge in [-0.15, -0.1) is 11.6 Å². The van der Waals surface area contributed by atoms with Gasteiger partial charge in [-0.1, -0.05) is 19.3 Å². The summed E-state index contributed by atoms with van der Waals surface area (Å²) < 4.78 is 0. The van der Waals surface area contributed by atoms with Gasteiger partial charge in [-0.3, -0.25) is 4.98 Å². The van der Waals surface area contributed by atoms with E-state index in [1.165, 1.54) is 32.1 Å². The number of rotatable bonds is 4. The standard InChI is InChI=1S/C15H19ClN4/c16-10-15(6-2-1-3-7-15)11-19-13-5-4-12-14(20-13)18-9-8-17-12/h4-5,8-9H,1-3,6-7,10-11H2,(H,18,19,20). The number of hydrogen-bond acceptors (Lipinski definition) is 4. The minimum Gasteiger partial charge on any atom is -0.369 e. The van der Waals surface area contributed by atoms with E-state index >= 15 is 0 Å². The quantitative estimate of drug-likeness (QED) is 0.874. The van der Waals surface area contributed by atoms with Gasteiger partial charge in [-0.2, -0.15) is 0 Å². The molecule has 2 aromatic rings. The van der Waals surface area contributed by atoms with Crippen LogP contribution in [0.2, 0.25) is 0 Å². The topological polar surface area (TPSA) is 50.7 Å². The summed E-state index contributed by atoms with van der Waals surface area (Å²) in [5, 5.41) is 3.43. The first kappa shape index (κ1) is 13.6. The number of alkyl halides is 1. The summed E-state index contributed by atoms with van der Waals surface area (Å²) in [6.45, 7) is 0.884. The van der Waals surface area contributed by atoms with Gasteiger partial charge in [0.2, 0.25) is 0 Å². The highest BCUT2D eigenvalue weighted by Crippen LogP contribution is 2.37. The molecular formula is C15H19ClN4. The monoisotopic (exact) mass is 290 g/mol. The number of hydrogen-bond donors (Lipinski definition) is 1.